The third-order valence-corrected chi connectivity index (χ3v) is 3.03. The van der Waals surface area contributed by atoms with Gasteiger partial charge in [0.25, 0.3) is 0 Å². The lowest BCUT2D eigenvalue weighted by atomic mass is 10.1. The second kappa shape index (κ2) is 4.82. The summed E-state index contributed by atoms with van der Waals surface area (Å²) in [5.41, 5.74) is 2.54. The van der Waals surface area contributed by atoms with E-state index in [-0.39, 0.29) is 0 Å². The van der Waals surface area contributed by atoms with Crippen molar-refractivity contribution >= 4 is 16.9 Å². The highest BCUT2D eigenvalue weighted by Gasteiger charge is 2.11. The van der Waals surface area contributed by atoms with Gasteiger partial charge in [-0.25, -0.2) is 4.79 Å². The van der Waals surface area contributed by atoms with Gasteiger partial charge in [-0.05, 0) is 44.6 Å². The summed E-state index contributed by atoms with van der Waals surface area (Å²) in [5.74, 6) is -0.880. The molecule has 96 valence electrons. The largest absolute Gasteiger partial charge is 0.478 e. The van der Waals surface area contributed by atoms with Gasteiger partial charge in [-0.1, -0.05) is 6.07 Å². The zero-order valence-electron chi connectivity index (χ0n) is 11.0. The first-order valence-electron chi connectivity index (χ1n) is 6.03. The Kier molecular flexibility index (Phi) is 3.39. The van der Waals surface area contributed by atoms with Crippen molar-refractivity contribution in [1.82, 2.24) is 9.47 Å². The van der Waals surface area contributed by atoms with Crippen LogP contribution in [0.4, 0.5) is 0 Å². The molecular weight excluding hydrogens is 228 g/mol. The van der Waals surface area contributed by atoms with Crippen molar-refractivity contribution in [3.8, 4) is 0 Å². The first-order chi connectivity index (χ1) is 8.52. The van der Waals surface area contributed by atoms with E-state index in [4.69, 9.17) is 5.11 Å². The molecule has 1 aromatic carbocycles. The number of hydrogen-bond acceptors (Lipinski definition) is 2. The highest BCUT2D eigenvalue weighted by atomic mass is 16.4. The number of benzene rings is 1. The van der Waals surface area contributed by atoms with Crippen LogP contribution in [0, 0.1) is 0 Å². The average molecular weight is 246 g/mol. The molecule has 4 nitrogen and oxygen atoms in total. The van der Waals surface area contributed by atoms with E-state index in [1.165, 1.54) is 5.69 Å². The van der Waals surface area contributed by atoms with Crippen LogP contribution in [-0.2, 0) is 13.1 Å². The number of aromatic carboxylic acids is 1. The zero-order chi connectivity index (χ0) is 13.3. The Bertz CT molecular complexity index is 585. The molecule has 1 N–H and O–H groups in total. The first kappa shape index (κ1) is 12.6. The fourth-order valence-electron chi connectivity index (χ4n) is 2.27. The van der Waals surface area contributed by atoms with E-state index >= 15 is 0 Å². The molecule has 0 radical (unpaired) electrons. The molecule has 0 amide bonds. The Labute approximate surface area is 106 Å². The molecule has 0 saturated heterocycles. The molecular formula is C14H18N2O2. The minimum atomic E-state index is -0.880. The van der Waals surface area contributed by atoms with Crippen LogP contribution in [0.5, 0.6) is 0 Å². The molecule has 0 atom stereocenters. The summed E-state index contributed by atoms with van der Waals surface area (Å²) in [5, 5.41) is 10.1. The molecule has 0 aliphatic carbocycles. The van der Waals surface area contributed by atoms with Gasteiger partial charge in [-0.3, -0.25) is 0 Å². The molecule has 0 spiro atoms. The van der Waals surface area contributed by atoms with Crippen LogP contribution in [0.2, 0.25) is 0 Å². The number of rotatable bonds is 4. The maximum absolute atomic E-state index is 11.0. The molecule has 0 aliphatic rings. The van der Waals surface area contributed by atoms with E-state index in [0.29, 0.717) is 5.56 Å². The molecule has 18 heavy (non-hydrogen) atoms. The van der Waals surface area contributed by atoms with Gasteiger partial charge in [0.05, 0.1) is 5.56 Å². The summed E-state index contributed by atoms with van der Waals surface area (Å²) in [6.45, 7) is 3.77. The van der Waals surface area contributed by atoms with E-state index in [9.17, 15) is 4.79 Å². The van der Waals surface area contributed by atoms with Gasteiger partial charge in [-0.15, -0.1) is 0 Å². The van der Waals surface area contributed by atoms with Crippen LogP contribution >= 0.6 is 0 Å². The summed E-state index contributed by atoms with van der Waals surface area (Å²) in [4.78, 5) is 13.1. The van der Waals surface area contributed by atoms with E-state index < -0.39 is 5.97 Å². The smallest absolute Gasteiger partial charge is 0.335 e. The minimum absolute atomic E-state index is 0.340. The Hall–Kier alpha value is -1.81. The zero-order valence-corrected chi connectivity index (χ0v) is 11.0. The van der Waals surface area contributed by atoms with Crippen molar-refractivity contribution in [3.63, 3.8) is 0 Å². The fraction of sp³-hybridized carbons (Fsp3) is 0.357. The maximum Gasteiger partial charge on any atom is 0.335 e. The summed E-state index contributed by atoms with van der Waals surface area (Å²) < 4.78 is 2.17. The summed E-state index contributed by atoms with van der Waals surface area (Å²) >= 11 is 0. The van der Waals surface area contributed by atoms with Crippen LogP contribution in [0.1, 0.15) is 23.0 Å². The van der Waals surface area contributed by atoms with Crippen LogP contribution in [0.25, 0.3) is 10.9 Å². The Morgan fingerprint density at radius 1 is 1.33 bits per heavy atom. The fourth-order valence-corrected chi connectivity index (χ4v) is 2.27. The van der Waals surface area contributed by atoms with Gasteiger partial charge >= 0.3 is 5.97 Å². The predicted octanol–water partition coefficient (Wildman–Crippen LogP) is 2.42. The average Bonchev–Trinajstić information content (AvgIpc) is 2.63. The number of carbonyl (C=O) groups is 1. The van der Waals surface area contributed by atoms with E-state index in [1.54, 1.807) is 12.1 Å². The van der Waals surface area contributed by atoms with E-state index in [1.807, 2.05) is 20.2 Å². The van der Waals surface area contributed by atoms with Crippen molar-refractivity contribution in [1.29, 1.82) is 0 Å². The first-order valence-corrected chi connectivity index (χ1v) is 6.03. The normalized spacial score (nSPS) is 11.3. The van der Waals surface area contributed by atoms with E-state index in [0.717, 1.165) is 24.0 Å². The third-order valence-electron chi connectivity index (χ3n) is 3.03. The molecule has 0 fully saturated rings. The molecule has 0 bridgehead atoms. The lowest BCUT2D eigenvalue weighted by Gasteiger charge is -2.12. The van der Waals surface area contributed by atoms with Crippen molar-refractivity contribution in [2.24, 2.45) is 0 Å². The molecule has 2 rings (SSSR count). The number of nitrogens with zero attached hydrogens (tertiary/aromatic N) is 2. The van der Waals surface area contributed by atoms with Gasteiger partial charge in [-0.2, -0.15) is 0 Å². The van der Waals surface area contributed by atoms with E-state index in [2.05, 4.69) is 22.5 Å². The summed E-state index contributed by atoms with van der Waals surface area (Å²) in [6.07, 6.45) is 0. The predicted molar refractivity (Wildman–Crippen MR) is 72.0 cm³/mol. The van der Waals surface area contributed by atoms with Crippen molar-refractivity contribution in [2.45, 2.75) is 20.0 Å². The Morgan fingerprint density at radius 3 is 2.61 bits per heavy atom. The summed E-state index contributed by atoms with van der Waals surface area (Å²) in [6, 6.07) is 7.42. The molecule has 0 unspecified atom stereocenters. The molecule has 4 heteroatoms. The van der Waals surface area contributed by atoms with Gasteiger partial charge in [0.2, 0.25) is 0 Å². The van der Waals surface area contributed by atoms with Gasteiger partial charge in [0, 0.05) is 24.3 Å². The Morgan fingerprint density at radius 2 is 2.06 bits per heavy atom. The number of carboxylic acids is 1. The van der Waals surface area contributed by atoms with Crippen LogP contribution < -0.4 is 0 Å². The molecule has 1 aromatic heterocycles. The van der Waals surface area contributed by atoms with Crippen LogP contribution in [0.3, 0.4) is 0 Å². The number of hydrogen-bond donors (Lipinski definition) is 1. The minimum Gasteiger partial charge on any atom is -0.478 e. The standard InChI is InChI=1S/C14H18N2O2/c1-4-16-12(9-15(2)3)7-10-5-6-11(14(17)18)8-13(10)16/h5-8H,4,9H2,1-3H3,(H,17,18). The molecule has 0 saturated carbocycles. The Balaban J connectivity index is 2.58. The second-order valence-corrected chi connectivity index (χ2v) is 4.70. The van der Waals surface area contributed by atoms with Crippen LogP contribution in [-0.4, -0.2) is 34.6 Å². The number of aromatic nitrogens is 1. The topological polar surface area (TPSA) is 45.5 Å². The molecule has 0 aliphatic heterocycles. The lowest BCUT2D eigenvalue weighted by Crippen LogP contribution is -2.14. The second-order valence-electron chi connectivity index (χ2n) is 4.70. The quantitative estimate of drug-likeness (QED) is 0.901. The van der Waals surface area contributed by atoms with Crippen LogP contribution in [0.15, 0.2) is 24.3 Å². The number of aryl methyl sites for hydroxylation is 1. The van der Waals surface area contributed by atoms with Crippen molar-refractivity contribution in [3.05, 3.63) is 35.5 Å². The van der Waals surface area contributed by atoms with Gasteiger partial charge < -0.3 is 14.6 Å². The monoisotopic (exact) mass is 246 g/mol. The molecule has 1 heterocycles. The highest BCUT2D eigenvalue weighted by molar-refractivity contribution is 5.93. The maximum atomic E-state index is 11.0. The van der Waals surface area contributed by atoms with Gasteiger partial charge in [0.1, 0.15) is 0 Å². The highest BCUT2D eigenvalue weighted by Crippen LogP contribution is 2.22. The molecule has 2 aromatic rings. The summed E-state index contributed by atoms with van der Waals surface area (Å²) in [7, 11) is 4.06. The third kappa shape index (κ3) is 2.24. The van der Waals surface area contributed by atoms with Crippen molar-refractivity contribution < 1.29 is 9.90 Å². The lowest BCUT2D eigenvalue weighted by molar-refractivity contribution is 0.0697. The number of carboxylic acid groups (broad SMARTS) is 1. The van der Waals surface area contributed by atoms with Gasteiger partial charge in [0.15, 0.2) is 0 Å². The van der Waals surface area contributed by atoms with Crippen molar-refractivity contribution in [2.75, 3.05) is 14.1 Å². The SMILES string of the molecule is CCn1c(CN(C)C)cc2ccc(C(=O)O)cc21. The number of fused-ring (bicyclic) bond motifs is 1.